The van der Waals surface area contributed by atoms with Crippen molar-refractivity contribution in [3.05, 3.63) is 83.4 Å². The molecule has 0 bridgehead atoms. The van der Waals surface area contributed by atoms with E-state index in [2.05, 4.69) is 5.32 Å². The van der Waals surface area contributed by atoms with Crippen LogP contribution in [-0.2, 0) is 26.2 Å². The average Bonchev–Trinajstić information content (AvgIpc) is 2.96. The Morgan fingerprint density at radius 3 is 2.27 bits per heavy atom. The van der Waals surface area contributed by atoms with Crippen molar-refractivity contribution in [1.29, 1.82) is 0 Å². The molecule has 0 fully saturated rings. The van der Waals surface area contributed by atoms with Crippen molar-refractivity contribution in [3.8, 4) is 11.5 Å². The summed E-state index contributed by atoms with van der Waals surface area (Å²) in [7, 11) is -1.39. The van der Waals surface area contributed by atoms with Gasteiger partial charge in [-0.1, -0.05) is 48.9 Å². The minimum absolute atomic E-state index is 0.0547. The van der Waals surface area contributed by atoms with Crippen LogP contribution in [-0.4, -0.2) is 58.5 Å². The van der Waals surface area contributed by atoms with E-state index in [1.807, 2.05) is 6.92 Å². The normalized spacial score (nSPS) is 11.8. The van der Waals surface area contributed by atoms with E-state index in [1.165, 1.54) is 37.3 Å². The van der Waals surface area contributed by atoms with Crippen LogP contribution in [0.4, 0.5) is 5.69 Å². The molecule has 3 aromatic rings. The quantitative estimate of drug-likeness (QED) is 0.316. The second-order valence-corrected chi connectivity index (χ2v) is 11.3. The number of carbonyl (C=O) groups is 2. The smallest absolute Gasteiger partial charge is 0.264 e. The fourth-order valence-corrected chi connectivity index (χ4v) is 5.68. The van der Waals surface area contributed by atoms with E-state index >= 15 is 0 Å². The zero-order valence-electron chi connectivity index (χ0n) is 23.0. The first-order valence-electron chi connectivity index (χ1n) is 12.7. The average molecular weight is 588 g/mol. The summed E-state index contributed by atoms with van der Waals surface area (Å²) in [4.78, 5) is 28.1. The minimum Gasteiger partial charge on any atom is -0.493 e. The van der Waals surface area contributed by atoms with Crippen molar-refractivity contribution in [1.82, 2.24) is 10.2 Å². The number of ether oxygens (including phenoxy) is 2. The van der Waals surface area contributed by atoms with Crippen LogP contribution >= 0.6 is 11.6 Å². The third-order valence-corrected chi connectivity index (χ3v) is 8.23. The van der Waals surface area contributed by atoms with Gasteiger partial charge >= 0.3 is 0 Å². The molecular formula is C29H34ClN3O6S. The third-order valence-electron chi connectivity index (χ3n) is 6.22. The lowest BCUT2D eigenvalue weighted by Gasteiger charge is -2.32. The second-order valence-electron chi connectivity index (χ2n) is 8.98. The van der Waals surface area contributed by atoms with Gasteiger partial charge in [0.1, 0.15) is 12.6 Å². The number of halogens is 1. The van der Waals surface area contributed by atoms with Crippen molar-refractivity contribution in [2.45, 2.75) is 37.8 Å². The summed E-state index contributed by atoms with van der Waals surface area (Å²) in [6, 6.07) is 18.6. The Hall–Kier alpha value is -3.76. The summed E-state index contributed by atoms with van der Waals surface area (Å²) in [5.74, 6) is -0.312. The highest BCUT2D eigenvalue weighted by molar-refractivity contribution is 7.92. The Morgan fingerprint density at radius 2 is 1.65 bits per heavy atom. The predicted octanol–water partition coefficient (Wildman–Crippen LogP) is 4.50. The van der Waals surface area contributed by atoms with Crippen molar-refractivity contribution >= 4 is 39.1 Å². The lowest BCUT2D eigenvalue weighted by Crippen LogP contribution is -2.51. The zero-order valence-corrected chi connectivity index (χ0v) is 24.5. The second kappa shape index (κ2) is 14.0. The number of anilines is 1. The Bertz CT molecular complexity index is 1420. The molecule has 0 saturated carbocycles. The number of benzene rings is 3. The SMILES string of the molecule is CCCNC(=O)[C@@H](C)N(Cc1cccc(Cl)c1)C(=O)CN(c1ccccc1)S(=O)(=O)c1ccc(OC)c(OC)c1. The van der Waals surface area contributed by atoms with Gasteiger partial charge in [-0.25, -0.2) is 8.42 Å². The number of hydrogen-bond donors (Lipinski definition) is 1. The number of rotatable bonds is 13. The summed E-state index contributed by atoms with van der Waals surface area (Å²) in [5, 5.41) is 3.29. The zero-order chi connectivity index (χ0) is 29.3. The Kier molecular flexibility index (Phi) is 10.8. The molecule has 214 valence electrons. The highest BCUT2D eigenvalue weighted by Crippen LogP contribution is 2.32. The maximum atomic E-state index is 14.0. The summed E-state index contributed by atoms with van der Waals surface area (Å²) in [5.41, 5.74) is 0.987. The van der Waals surface area contributed by atoms with E-state index in [4.69, 9.17) is 21.1 Å². The van der Waals surface area contributed by atoms with Gasteiger partial charge in [0, 0.05) is 24.2 Å². The molecule has 0 radical (unpaired) electrons. The fourth-order valence-electron chi connectivity index (χ4n) is 4.04. The molecule has 9 nitrogen and oxygen atoms in total. The first-order valence-corrected chi connectivity index (χ1v) is 14.6. The topological polar surface area (TPSA) is 105 Å². The fraction of sp³-hybridized carbons (Fsp3) is 0.310. The van der Waals surface area contributed by atoms with Gasteiger partial charge < -0.3 is 19.7 Å². The van der Waals surface area contributed by atoms with Gasteiger partial charge in [0.15, 0.2) is 11.5 Å². The molecule has 40 heavy (non-hydrogen) atoms. The number of methoxy groups -OCH3 is 2. The Balaban J connectivity index is 2.03. The van der Waals surface area contributed by atoms with Crippen molar-refractivity contribution in [2.75, 3.05) is 31.6 Å². The van der Waals surface area contributed by atoms with Crippen LogP contribution in [0.3, 0.4) is 0 Å². The molecule has 3 aromatic carbocycles. The molecule has 0 aromatic heterocycles. The number of para-hydroxylation sites is 1. The van der Waals surface area contributed by atoms with E-state index in [0.717, 1.165) is 10.7 Å². The number of carbonyl (C=O) groups excluding carboxylic acids is 2. The summed E-state index contributed by atoms with van der Waals surface area (Å²) in [6.07, 6.45) is 0.728. The predicted molar refractivity (Wildman–Crippen MR) is 155 cm³/mol. The number of sulfonamides is 1. The number of hydrogen-bond acceptors (Lipinski definition) is 6. The molecule has 0 aliphatic heterocycles. The van der Waals surface area contributed by atoms with Crippen LogP contribution in [0.1, 0.15) is 25.8 Å². The summed E-state index contributed by atoms with van der Waals surface area (Å²) < 4.78 is 39.5. The van der Waals surface area contributed by atoms with Gasteiger partial charge in [0.2, 0.25) is 11.8 Å². The third kappa shape index (κ3) is 7.45. The van der Waals surface area contributed by atoms with Crippen LogP contribution in [0, 0.1) is 0 Å². The van der Waals surface area contributed by atoms with Gasteiger partial charge in [-0.2, -0.15) is 0 Å². The molecule has 2 amide bonds. The van der Waals surface area contributed by atoms with Gasteiger partial charge in [0.05, 0.1) is 24.8 Å². The molecule has 3 rings (SSSR count). The number of nitrogens with zero attached hydrogens (tertiary/aromatic N) is 2. The van der Waals surface area contributed by atoms with E-state index in [9.17, 15) is 18.0 Å². The lowest BCUT2D eigenvalue weighted by atomic mass is 10.1. The van der Waals surface area contributed by atoms with E-state index in [0.29, 0.717) is 22.9 Å². The molecule has 1 N–H and O–H groups in total. The highest BCUT2D eigenvalue weighted by Gasteiger charge is 2.33. The summed E-state index contributed by atoms with van der Waals surface area (Å²) in [6.45, 7) is 3.50. The molecule has 0 unspecified atom stereocenters. The molecule has 0 spiro atoms. The van der Waals surface area contributed by atoms with Crippen molar-refractivity contribution in [3.63, 3.8) is 0 Å². The van der Waals surface area contributed by atoms with E-state index in [1.54, 1.807) is 61.5 Å². The maximum absolute atomic E-state index is 14.0. The highest BCUT2D eigenvalue weighted by atomic mass is 35.5. The van der Waals surface area contributed by atoms with Crippen molar-refractivity contribution in [2.24, 2.45) is 0 Å². The van der Waals surface area contributed by atoms with Gasteiger partial charge in [-0.15, -0.1) is 0 Å². The first-order chi connectivity index (χ1) is 19.1. The van der Waals surface area contributed by atoms with Crippen LogP contribution in [0.2, 0.25) is 5.02 Å². The molecule has 0 saturated heterocycles. The Morgan fingerprint density at radius 1 is 0.950 bits per heavy atom. The molecule has 11 heteroatoms. The molecule has 0 aliphatic carbocycles. The van der Waals surface area contributed by atoms with Gasteiger partial charge in [-0.05, 0) is 55.3 Å². The number of amides is 2. The largest absolute Gasteiger partial charge is 0.493 e. The van der Waals surface area contributed by atoms with Crippen molar-refractivity contribution < 1.29 is 27.5 Å². The van der Waals surface area contributed by atoms with Crippen LogP contribution in [0.5, 0.6) is 11.5 Å². The maximum Gasteiger partial charge on any atom is 0.264 e. The van der Waals surface area contributed by atoms with E-state index in [-0.39, 0.29) is 28.8 Å². The lowest BCUT2D eigenvalue weighted by molar-refractivity contribution is -0.139. The molecule has 0 heterocycles. The standard InChI is InChI=1S/C29H34ClN3O6S/c1-5-16-31-29(35)21(2)32(19-22-10-9-11-23(30)17-22)28(34)20-33(24-12-7-6-8-13-24)40(36,37)25-14-15-26(38-3)27(18-25)39-4/h6-15,17-18,21H,5,16,19-20H2,1-4H3,(H,31,35)/t21-/m1/s1. The van der Waals surface area contributed by atoms with Gasteiger partial charge in [0.25, 0.3) is 10.0 Å². The first kappa shape index (κ1) is 30.8. The minimum atomic E-state index is -4.25. The van der Waals surface area contributed by atoms with E-state index < -0.39 is 28.5 Å². The number of nitrogens with one attached hydrogen (secondary N) is 1. The van der Waals surface area contributed by atoms with Crippen LogP contribution in [0.25, 0.3) is 0 Å². The van der Waals surface area contributed by atoms with Gasteiger partial charge in [-0.3, -0.25) is 13.9 Å². The van der Waals surface area contributed by atoms with Crippen LogP contribution in [0.15, 0.2) is 77.7 Å². The molecular weight excluding hydrogens is 554 g/mol. The van der Waals surface area contributed by atoms with Crippen LogP contribution < -0.4 is 19.1 Å². The molecule has 0 aliphatic rings. The monoisotopic (exact) mass is 587 g/mol. The summed E-state index contributed by atoms with van der Waals surface area (Å²) >= 11 is 6.17. The Labute approximate surface area is 240 Å². The molecule has 1 atom stereocenters.